The molecule has 0 aromatic carbocycles. The molecule has 30 heavy (non-hydrogen) atoms. The molecule has 12 heteroatoms. The molecule has 156 valence electrons. The number of amides is 1. The summed E-state index contributed by atoms with van der Waals surface area (Å²) in [6.07, 6.45) is 5.56. The molecule has 3 aromatic heterocycles. The Morgan fingerprint density at radius 3 is 2.80 bits per heavy atom. The van der Waals surface area contributed by atoms with Crippen LogP contribution in [-0.2, 0) is 4.79 Å². The minimum Gasteiger partial charge on any atom is -0.448 e. The summed E-state index contributed by atoms with van der Waals surface area (Å²) in [6, 6.07) is 1.22. The Morgan fingerprint density at radius 2 is 2.17 bits per heavy atom. The molecule has 1 amide bonds. The van der Waals surface area contributed by atoms with Crippen molar-refractivity contribution in [2.45, 2.75) is 12.8 Å². The number of carbonyl (C=O) groups is 1. The Kier molecular flexibility index (Phi) is 4.90. The fraction of sp³-hybridized carbons (Fsp3) is 0.278. The van der Waals surface area contributed by atoms with Gasteiger partial charge in [0.25, 0.3) is 0 Å². The Morgan fingerprint density at radius 1 is 1.43 bits per heavy atom. The summed E-state index contributed by atoms with van der Waals surface area (Å²) in [5.74, 6) is -1.17. The van der Waals surface area contributed by atoms with Crippen molar-refractivity contribution in [3.63, 3.8) is 0 Å². The van der Waals surface area contributed by atoms with Crippen molar-refractivity contribution in [2.24, 2.45) is 5.92 Å². The van der Waals surface area contributed by atoms with Crippen LogP contribution >= 0.6 is 11.6 Å². The van der Waals surface area contributed by atoms with Crippen LogP contribution in [0.25, 0.3) is 5.52 Å². The molecule has 0 radical (unpaired) electrons. The SMILES string of the molecule is CNc1c([N+](=O)[O-])ncc(Oc2cnn3cc(N(C)C(=O)C4CC4)cc(F)c23)c1Cl. The Labute approximate surface area is 174 Å². The Balaban J connectivity index is 1.69. The third-order valence-corrected chi connectivity index (χ3v) is 5.14. The lowest BCUT2D eigenvalue weighted by Crippen LogP contribution is -2.28. The summed E-state index contributed by atoms with van der Waals surface area (Å²) < 4.78 is 21.8. The third kappa shape index (κ3) is 3.36. The molecule has 1 aliphatic carbocycles. The summed E-state index contributed by atoms with van der Waals surface area (Å²) in [4.78, 5) is 27.8. The van der Waals surface area contributed by atoms with Gasteiger partial charge in [-0.2, -0.15) is 5.10 Å². The van der Waals surface area contributed by atoms with Crippen LogP contribution in [0.4, 0.5) is 21.6 Å². The number of rotatable bonds is 6. The second-order valence-electron chi connectivity index (χ2n) is 6.76. The Bertz CT molecular complexity index is 1180. The summed E-state index contributed by atoms with van der Waals surface area (Å²) in [5, 5.41) is 17.7. The van der Waals surface area contributed by atoms with Gasteiger partial charge >= 0.3 is 5.82 Å². The monoisotopic (exact) mass is 434 g/mol. The highest BCUT2D eigenvalue weighted by Crippen LogP contribution is 2.40. The standard InChI is InChI=1S/C18H16ClFN6O4/c1-21-15-14(19)12(6-22-17(15)26(28)29)30-13-7-23-25-8-10(5-11(20)16(13)25)24(2)18(27)9-3-4-9/h5-9,21H,3-4H2,1-2H3. The van der Waals surface area contributed by atoms with Crippen LogP contribution in [0.15, 0.2) is 24.7 Å². The maximum atomic E-state index is 14.9. The lowest BCUT2D eigenvalue weighted by atomic mass is 10.3. The molecule has 0 saturated heterocycles. The van der Waals surface area contributed by atoms with Gasteiger partial charge in [-0.3, -0.25) is 4.79 Å². The van der Waals surface area contributed by atoms with Crippen LogP contribution in [0, 0.1) is 21.8 Å². The van der Waals surface area contributed by atoms with E-state index in [4.69, 9.17) is 16.3 Å². The van der Waals surface area contributed by atoms with Gasteiger partial charge in [0.15, 0.2) is 29.2 Å². The number of nitrogens with zero attached hydrogens (tertiary/aromatic N) is 5. The highest BCUT2D eigenvalue weighted by molar-refractivity contribution is 6.35. The molecule has 3 aromatic rings. The van der Waals surface area contributed by atoms with E-state index in [0.717, 1.165) is 19.0 Å². The molecule has 10 nitrogen and oxygen atoms in total. The van der Waals surface area contributed by atoms with E-state index in [1.54, 1.807) is 7.05 Å². The number of nitro groups is 1. The zero-order valence-electron chi connectivity index (χ0n) is 15.9. The van der Waals surface area contributed by atoms with Gasteiger partial charge in [-0.15, -0.1) is 0 Å². The molecule has 0 unspecified atom stereocenters. The summed E-state index contributed by atoms with van der Waals surface area (Å²) in [5.41, 5.74) is 0.351. The second-order valence-corrected chi connectivity index (χ2v) is 7.14. The van der Waals surface area contributed by atoms with Crippen molar-refractivity contribution >= 4 is 40.2 Å². The van der Waals surface area contributed by atoms with Crippen LogP contribution in [0.3, 0.4) is 0 Å². The average Bonchev–Trinajstić information content (AvgIpc) is 3.49. The number of halogens is 2. The van der Waals surface area contributed by atoms with E-state index in [2.05, 4.69) is 15.4 Å². The van der Waals surface area contributed by atoms with Gasteiger partial charge in [0, 0.05) is 26.1 Å². The van der Waals surface area contributed by atoms with Gasteiger partial charge in [0.2, 0.25) is 5.91 Å². The van der Waals surface area contributed by atoms with Crippen LogP contribution in [0.5, 0.6) is 11.5 Å². The molecule has 3 heterocycles. The molecule has 4 rings (SSSR count). The zero-order chi connectivity index (χ0) is 21.6. The number of nitrogens with one attached hydrogen (secondary N) is 1. The first-order valence-corrected chi connectivity index (χ1v) is 9.32. The maximum absolute atomic E-state index is 14.9. The zero-order valence-corrected chi connectivity index (χ0v) is 16.7. The smallest absolute Gasteiger partial charge is 0.388 e. The minimum atomic E-state index is -0.683. The van der Waals surface area contributed by atoms with Crippen molar-refractivity contribution in [2.75, 3.05) is 24.3 Å². The second kappa shape index (κ2) is 7.41. The molecule has 1 aliphatic rings. The van der Waals surface area contributed by atoms with Crippen molar-refractivity contribution in [3.8, 4) is 11.5 Å². The fourth-order valence-electron chi connectivity index (χ4n) is 3.03. The Hall–Kier alpha value is -3.47. The molecule has 1 fully saturated rings. The van der Waals surface area contributed by atoms with Gasteiger partial charge in [-0.05, 0) is 22.7 Å². The van der Waals surface area contributed by atoms with Crippen LogP contribution < -0.4 is 15.0 Å². The molecule has 0 spiro atoms. The number of aromatic nitrogens is 3. The van der Waals surface area contributed by atoms with E-state index < -0.39 is 16.6 Å². The lowest BCUT2D eigenvalue weighted by molar-refractivity contribution is -0.388. The highest BCUT2D eigenvalue weighted by Gasteiger charge is 2.33. The van der Waals surface area contributed by atoms with Gasteiger partial charge in [0.05, 0.1) is 18.1 Å². The molecule has 0 bridgehead atoms. The largest absolute Gasteiger partial charge is 0.448 e. The molecule has 1 saturated carbocycles. The first-order chi connectivity index (χ1) is 14.3. The minimum absolute atomic E-state index is 0.00831. The van der Waals surface area contributed by atoms with Crippen LogP contribution in [0.2, 0.25) is 5.02 Å². The van der Waals surface area contributed by atoms with Gasteiger partial charge < -0.3 is 25.1 Å². The van der Waals surface area contributed by atoms with E-state index >= 15 is 0 Å². The summed E-state index contributed by atoms with van der Waals surface area (Å²) in [6.45, 7) is 0. The summed E-state index contributed by atoms with van der Waals surface area (Å²) in [7, 11) is 3.04. The third-order valence-electron chi connectivity index (χ3n) is 4.77. The molecule has 0 aliphatic heterocycles. The fourth-order valence-corrected chi connectivity index (χ4v) is 3.30. The van der Waals surface area contributed by atoms with Crippen molar-refractivity contribution in [1.29, 1.82) is 0 Å². The lowest BCUT2D eigenvalue weighted by Gasteiger charge is -2.17. The van der Waals surface area contributed by atoms with E-state index in [0.29, 0.717) is 5.69 Å². The van der Waals surface area contributed by atoms with Crippen molar-refractivity contribution in [1.82, 2.24) is 14.6 Å². The number of anilines is 2. The first-order valence-electron chi connectivity index (χ1n) is 8.94. The van der Waals surface area contributed by atoms with Gasteiger partial charge in [0.1, 0.15) is 10.5 Å². The van der Waals surface area contributed by atoms with E-state index in [-0.39, 0.29) is 39.6 Å². The average molecular weight is 435 g/mol. The van der Waals surface area contributed by atoms with E-state index in [9.17, 15) is 19.3 Å². The number of pyridine rings is 2. The van der Waals surface area contributed by atoms with Crippen LogP contribution in [0.1, 0.15) is 12.8 Å². The van der Waals surface area contributed by atoms with Crippen LogP contribution in [-0.4, -0.2) is 39.5 Å². The van der Waals surface area contributed by atoms with Crippen molar-refractivity contribution < 1.29 is 18.8 Å². The summed E-state index contributed by atoms with van der Waals surface area (Å²) >= 11 is 6.21. The maximum Gasteiger partial charge on any atom is 0.388 e. The number of hydrogen-bond acceptors (Lipinski definition) is 7. The molecular formula is C18H16ClFN6O4. The number of ether oxygens (including phenoxy) is 1. The number of carbonyl (C=O) groups excluding carboxylic acids is 1. The number of hydrogen-bond donors (Lipinski definition) is 1. The quantitative estimate of drug-likeness (QED) is 0.465. The normalized spacial score (nSPS) is 13.3. The van der Waals surface area contributed by atoms with Gasteiger partial charge in [-0.1, -0.05) is 11.6 Å². The van der Waals surface area contributed by atoms with Gasteiger partial charge in [-0.25, -0.2) is 8.91 Å². The van der Waals surface area contributed by atoms with Crippen molar-refractivity contribution in [3.05, 3.63) is 45.6 Å². The predicted octanol–water partition coefficient (Wildman–Crippen LogP) is 3.64. The topological polar surface area (TPSA) is 115 Å². The molecular weight excluding hydrogens is 419 g/mol. The first kappa shape index (κ1) is 19.8. The van der Waals surface area contributed by atoms with E-state index in [1.807, 2.05) is 0 Å². The number of fused-ring (bicyclic) bond motifs is 1. The molecule has 1 N–H and O–H groups in total. The molecule has 0 atom stereocenters. The van der Waals surface area contributed by atoms with E-state index in [1.165, 1.54) is 34.9 Å². The highest BCUT2D eigenvalue weighted by atomic mass is 35.5. The predicted molar refractivity (Wildman–Crippen MR) is 107 cm³/mol.